The number of aliphatic hydroxyl groups is 1. The summed E-state index contributed by atoms with van der Waals surface area (Å²) < 4.78 is 5.56. The van der Waals surface area contributed by atoms with E-state index in [4.69, 9.17) is 16.3 Å². The summed E-state index contributed by atoms with van der Waals surface area (Å²) in [4.78, 5) is 0. The number of nitrogens with one attached hydrogen (secondary N) is 1. The molecule has 1 aliphatic rings. The molecule has 1 saturated carbocycles. The number of benzene rings is 1. The van der Waals surface area contributed by atoms with Crippen LogP contribution in [0.4, 0.5) is 0 Å². The Balaban J connectivity index is 1.65. The largest absolute Gasteiger partial charge is 0.491 e. The molecule has 0 heterocycles. The zero-order valence-corrected chi connectivity index (χ0v) is 13.3. The number of halogens is 1. The minimum absolute atomic E-state index is 0.292. The van der Waals surface area contributed by atoms with E-state index in [9.17, 15) is 5.11 Å². The first-order valence-electron chi connectivity index (χ1n) is 8.04. The lowest BCUT2D eigenvalue weighted by atomic mass is 9.96. The fraction of sp³-hybridized carbons (Fsp3) is 0.647. The highest BCUT2D eigenvalue weighted by Crippen LogP contribution is 2.18. The van der Waals surface area contributed by atoms with Crippen LogP contribution < -0.4 is 10.1 Å². The molecule has 0 radical (unpaired) electrons. The van der Waals surface area contributed by atoms with E-state index in [1.54, 1.807) is 12.1 Å². The highest BCUT2D eigenvalue weighted by atomic mass is 35.5. The second-order valence-corrected chi connectivity index (χ2v) is 6.31. The number of rotatable bonds is 6. The van der Waals surface area contributed by atoms with Crippen molar-refractivity contribution in [3.05, 3.63) is 29.3 Å². The quantitative estimate of drug-likeness (QED) is 0.840. The SMILES string of the molecule is OC(CNC1CCCCCCC1)COc1cccc(Cl)c1. The molecule has 0 aliphatic heterocycles. The van der Waals surface area contributed by atoms with Crippen molar-refractivity contribution in [3.63, 3.8) is 0 Å². The number of ether oxygens (including phenoxy) is 1. The van der Waals surface area contributed by atoms with Crippen LogP contribution >= 0.6 is 11.6 Å². The van der Waals surface area contributed by atoms with E-state index in [0.717, 1.165) is 0 Å². The van der Waals surface area contributed by atoms with Crippen molar-refractivity contribution in [2.24, 2.45) is 0 Å². The maximum absolute atomic E-state index is 10.0. The van der Waals surface area contributed by atoms with Gasteiger partial charge in [-0.15, -0.1) is 0 Å². The predicted octanol–water partition coefficient (Wildman–Crippen LogP) is 3.78. The summed E-state index contributed by atoms with van der Waals surface area (Å²) in [5.74, 6) is 0.701. The molecule has 1 unspecified atom stereocenters. The Kier molecular flexibility index (Phi) is 7.34. The molecular formula is C17H26ClNO2. The van der Waals surface area contributed by atoms with Crippen molar-refractivity contribution in [3.8, 4) is 5.75 Å². The molecule has 0 spiro atoms. The third-order valence-electron chi connectivity index (χ3n) is 3.99. The van der Waals surface area contributed by atoms with E-state index in [2.05, 4.69) is 5.32 Å². The molecule has 2 N–H and O–H groups in total. The summed E-state index contributed by atoms with van der Waals surface area (Å²) in [6.07, 6.45) is 8.62. The van der Waals surface area contributed by atoms with Crippen LogP contribution in [0.15, 0.2) is 24.3 Å². The maximum Gasteiger partial charge on any atom is 0.120 e. The second kappa shape index (κ2) is 9.29. The average Bonchev–Trinajstić information content (AvgIpc) is 2.44. The van der Waals surface area contributed by atoms with Crippen molar-refractivity contribution in [1.29, 1.82) is 0 Å². The van der Waals surface area contributed by atoms with Gasteiger partial charge in [0.25, 0.3) is 0 Å². The van der Waals surface area contributed by atoms with E-state index < -0.39 is 6.10 Å². The predicted molar refractivity (Wildman–Crippen MR) is 87.1 cm³/mol. The Labute approximate surface area is 132 Å². The van der Waals surface area contributed by atoms with Gasteiger partial charge >= 0.3 is 0 Å². The molecule has 1 aliphatic carbocycles. The summed E-state index contributed by atoms with van der Waals surface area (Å²) in [6, 6.07) is 7.81. The molecule has 4 heteroatoms. The first-order valence-corrected chi connectivity index (χ1v) is 8.41. The molecule has 2 rings (SSSR count). The lowest BCUT2D eigenvalue weighted by Crippen LogP contribution is -2.38. The van der Waals surface area contributed by atoms with E-state index in [0.29, 0.717) is 30.0 Å². The lowest BCUT2D eigenvalue weighted by molar-refractivity contribution is 0.102. The summed E-state index contributed by atoms with van der Waals surface area (Å²) in [5.41, 5.74) is 0. The zero-order valence-electron chi connectivity index (χ0n) is 12.6. The first-order chi connectivity index (χ1) is 10.2. The topological polar surface area (TPSA) is 41.5 Å². The molecule has 1 fully saturated rings. The van der Waals surface area contributed by atoms with Gasteiger partial charge in [-0.3, -0.25) is 0 Å². The molecule has 1 atom stereocenters. The molecule has 1 aromatic rings. The Morgan fingerprint density at radius 3 is 2.62 bits per heavy atom. The normalized spacial score (nSPS) is 18.8. The van der Waals surface area contributed by atoms with E-state index in [1.165, 1.54) is 44.9 Å². The third-order valence-corrected chi connectivity index (χ3v) is 4.22. The van der Waals surface area contributed by atoms with Gasteiger partial charge in [0, 0.05) is 17.6 Å². The van der Waals surface area contributed by atoms with Gasteiger partial charge in [0.2, 0.25) is 0 Å². The summed E-state index contributed by atoms with van der Waals surface area (Å²) in [6.45, 7) is 0.880. The Morgan fingerprint density at radius 1 is 1.19 bits per heavy atom. The van der Waals surface area contributed by atoms with Gasteiger partial charge in [0.05, 0.1) is 0 Å². The molecule has 3 nitrogen and oxygen atoms in total. The minimum Gasteiger partial charge on any atom is -0.491 e. The van der Waals surface area contributed by atoms with Crippen molar-refractivity contribution in [1.82, 2.24) is 5.32 Å². The van der Waals surface area contributed by atoms with Crippen molar-refractivity contribution in [2.75, 3.05) is 13.2 Å². The first kappa shape index (κ1) is 16.6. The van der Waals surface area contributed by atoms with Gasteiger partial charge in [0.1, 0.15) is 18.5 Å². The average molecular weight is 312 g/mol. The van der Waals surface area contributed by atoms with Crippen molar-refractivity contribution in [2.45, 2.75) is 57.1 Å². The van der Waals surface area contributed by atoms with E-state index in [-0.39, 0.29) is 0 Å². The van der Waals surface area contributed by atoms with Crippen LogP contribution in [0, 0.1) is 0 Å². The maximum atomic E-state index is 10.0. The van der Waals surface area contributed by atoms with Gasteiger partial charge in [-0.2, -0.15) is 0 Å². The van der Waals surface area contributed by atoms with Crippen LogP contribution in [0.2, 0.25) is 5.02 Å². The van der Waals surface area contributed by atoms with Gasteiger partial charge in [-0.25, -0.2) is 0 Å². The van der Waals surface area contributed by atoms with Gasteiger partial charge in [-0.05, 0) is 31.0 Å². The Bertz CT molecular complexity index is 406. The van der Waals surface area contributed by atoms with E-state index >= 15 is 0 Å². The fourth-order valence-electron chi connectivity index (χ4n) is 2.77. The van der Waals surface area contributed by atoms with Crippen LogP contribution in [0.25, 0.3) is 0 Å². The van der Waals surface area contributed by atoms with Gasteiger partial charge in [0.15, 0.2) is 0 Å². The lowest BCUT2D eigenvalue weighted by Gasteiger charge is -2.22. The highest BCUT2D eigenvalue weighted by Gasteiger charge is 2.13. The molecule has 0 bridgehead atoms. The smallest absolute Gasteiger partial charge is 0.120 e. The fourth-order valence-corrected chi connectivity index (χ4v) is 2.95. The van der Waals surface area contributed by atoms with Gasteiger partial charge in [-0.1, -0.05) is 49.8 Å². The minimum atomic E-state index is -0.491. The molecule has 118 valence electrons. The molecular weight excluding hydrogens is 286 g/mol. The van der Waals surface area contributed by atoms with Crippen LogP contribution in [-0.2, 0) is 0 Å². The number of hydrogen-bond acceptors (Lipinski definition) is 3. The molecule has 21 heavy (non-hydrogen) atoms. The second-order valence-electron chi connectivity index (χ2n) is 5.87. The Morgan fingerprint density at radius 2 is 1.90 bits per heavy atom. The van der Waals surface area contributed by atoms with Crippen LogP contribution in [0.5, 0.6) is 5.75 Å². The van der Waals surface area contributed by atoms with Gasteiger partial charge < -0.3 is 15.2 Å². The van der Waals surface area contributed by atoms with Crippen LogP contribution in [0.3, 0.4) is 0 Å². The summed E-state index contributed by atoms with van der Waals surface area (Å²) in [5, 5.41) is 14.1. The van der Waals surface area contributed by atoms with Crippen molar-refractivity contribution >= 4 is 11.6 Å². The molecule has 0 aromatic heterocycles. The highest BCUT2D eigenvalue weighted by molar-refractivity contribution is 6.30. The number of aliphatic hydroxyl groups excluding tert-OH is 1. The zero-order chi connectivity index (χ0) is 14.9. The number of hydrogen-bond donors (Lipinski definition) is 2. The molecule has 0 amide bonds. The molecule has 0 saturated heterocycles. The molecule has 1 aromatic carbocycles. The summed E-state index contributed by atoms with van der Waals surface area (Å²) in [7, 11) is 0. The third kappa shape index (κ3) is 6.68. The summed E-state index contributed by atoms with van der Waals surface area (Å²) >= 11 is 5.90. The van der Waals surface area contributed by atoms with Crippen LogP contribution in [0.1, 0.15) is 44.9 Å². The standard InChI is InChI=1S/C17H26ClNO2/c18-14-7-6-10-17(11-14)21-13-16(20)12-19-15-8-4-2-1-3-5-9-15/h6-7,10-11,15-16,19-20H,1-5,8-9,12-13H2. The van der Waals surface area contributed by atoms with Crippen LogP contribution in [-0.4, -0.2) is 30.4 Å². The Hall–Kier alpha value is -0.770. The van der Waals surface area contributed by atoms with E-state index in [1.807, 2.05) is 12.1 Å². The van der Waals surface area contributed by atoms with Crippen molar-refractivity contribution < 1.29 is 9.84 Å². The monoisotopic (exact) mass is 311 g/mol.